The third kappa shape index (κ3) is 8.09. The SMILES string of the molecule is C=C1c2cc(P)cc(C3CCC(Cc4cccc(F)c4/C=C(Cl)/C=c4/c(N5CCN(C)CC5)nn(C)/c4=C/C)CC3)c2CN1C(C=O)CCC=O. The molecule has 3 heterocycles. The van der Waals surface area contributed by atoms with Gasteiger partial charge in [0.25, 0.3) is 0 Å². The fraction of sp³-hybridized carbons (Fsp3) is 0.439. The van der Waals surface area contributed by atoms with Gasteiger partial charge in [-0.15, -0.1) is 9.24 Å². The van der Waals surface area contributed by atoms with E-state index in [1.54, 1.807) is 12.1 Å². The molecule has 1 saturated carbocycles. The number of carbonyl (C=O) groups is 2. The number of aldehydes is 2. The molecule has 3 aromatic rings. The third-order valence-corrected chi connectivity index (χ3v) is 11.7. The van der Waals surface area contributed by atoms with Gasteiger partial charge >= 0.3 is 0 Å². The van der Waals surface area contributed by atoms with E-state index in [0.29, 0.717) is 41.8 Å². The molecule has 3 aliphatic rings. The van der Waals surface area contributed by atoms with E-state index in [0.717, 1.165) is 109 Å². The van der Waals surface area contributed by atoms with Gasteiger partial charge in [0.1, 0.15) is 18.4 Å². The number of rotatable bonds is 11. The van der Waals surface area contributed by atoms with E-state index >= 15 is 4.39 Å². The average Bonchev–Trinajstić information content (AvgIpc) is 3.61. The number of hydrogen-bond donors (Lipinski definition) is 0. The fourth-order valence-electron chi connectivity index (χ4n) is 8.29. The lowest BCUT2D eigenvalue weighted by Crippen LogP contribution is -2.46. The minimum Gasteiger partial charge on any atom is -0.357 e. The van der Waals surface area contributed by atoms with Crippen LogP contribution in [0.2, 0.25) is 0 Å². The average molecular weight is 730 g/mol. The molecule has 1 aromatic heterocycles. The summed E-state index contributed by atoms with van der Waals surface area (Å²) >= 11 is 6.94. The largest absolute Gasteiger partial charge is 0.357 e. The van der Waals surface area contributed by atoms with Crippen molar-refractivity contribution >= 4 is 68.5 Å². The summed E-state index contributed by atoms with van der Waals surface area (Å²) in [5.74, 6) is 1.48. The molecule has 2 unspecified atom stereocenters. The second-order valence-corrected chi connectivity index (χ2v) is 15.5. The summed E-state index contributed by atoms with van der Waals surface area (Å²) in [6.45, 7) is 10.7. The van der Waals surface area contributed by atoms with Crippen LogP contribution >= 0.6 is 20.8 Å². The lowest BCUT2D eigenvalue weighted by atomic mass is 9.75. The monoisotopic (exact) mass is 729 g/mol. The molecule has 6 rings (SSSR count). The highest BCUT2D eigenvalue weighted by atomic mass is 35.5. The summed E-state index contributed by atoms with van der Waals surface area (Å²) in [6.07, 6.45) is 13.4. The Hall–Kier alpha value is -3.58. The minimum absolute atomic E-state index is 0.264. The van der Waals surface area contributed by atoms with Crippen molar-refractivity contribution < 1.29 is 14.0 Å². The maximum absolute atomic E-state index is 15.5. The van der Waals surface area contributed by atoms with Crippen molar-refractivity contribution in [2.24, 2.45) is 13.0 Å². The summed E-state index contributed by atoms with van der Waals surface area (Å²) in [7, 11) is 6.92. The number of benzene rings is 2. The van der Waals surface area contributed by atoms with Gasteiger partial charge in [-0.05, 0) is 111 Å². The third-order valence-electron chi connectivity index (χ3n) is 11.1. The van der Waals surface area contributed by atoms with E-state index < -0.39 is 0 Å². The van der Waals surface area contributed by atoms with Gasteiger partial charge < -0.3 is 24.3 Å². The van der Waals surface area contributed by atoms with E-state index in [9.17, 15) is 9.59 Å². The first-order valence-electron chi connectivity index (χ1n) is 18.2. The van der Waals surface area contributed by atoms with E-state index in [-0.39, 0.29) is 11.9 Å². The smallest absolute Gasteiger partial charge is 0.158 e. The Bertz CT molecular complexity index is 1940. The molecule has 270 valence electrons. The van der Waals surface area contributed by atoms with Crippen LogP contribution in [0.3, 0.4) is 0 Å². The molecule has 0 N–H and O–H groups in total. The van der Waals surface area contributed by atoms with Crippen molar-refractivity contribution in [1.29, 1.82) is 0 Å². The van der Waals surface area contributed by atoms with Crippen molar-refractivity contribution in [1.82, 2.24) is 19.6 Å². The zero-order valence-electron chi connectivity index (χ0n) is 30.1. The van der Waals surface area contributed by atoms with Gasteiger partial charge in [0.15, 0.2) is 5.82 Å². The molecule has 51 heavy (non-hydrogen) atoms. The Morgan fingerprint density at radius 3 is 2.55 bits per heavy atom. The first-order chi connectivity index (χ1) is 24.6. The van der Waals surface area contributed by atoms with Crippen LogP contribution in [-0.4, -0.2) is 71.4 Å². The van der Waals surface area contributed by atoms with Gasteiger partial charge in [-0.25, -0.2) is 4.39 Å². The number of piperazine rings is 1. The van der Waals surface area contributed by atoms with E-state index in [4.69, 9.17) is 16.7 Å². The van der Waals surface area contributed by atoms with Crippen LogP contribution in [-0.2, 0) is 29.6 Å². The quantitative estimate of drug-likeness (QED) is 0.192. The van der Waals surface area contributed by atoms with Crippen LogP contribution in [0.25, 0.3) is 23.9 Å². The molecule has 0 bridgehead atoms. The summed E-state index contributed by atoms with van der Waals surface area (Å²) in [5, 5.41) is 8.38. The highest BCUT2D eigenvalue weighted by molar-refractivity contribution is 7.27. The Labute approximate surface area is 308 Å². The van der Waals surface area contributed by atoms with Crippen molar-refractivity contribution in [3.05, 3.63) is 86.1 Å². The molecule has 2 aliphatic heterocycles. The molecular weight excluding hydrogens is 680 g/mol. The van der Waals surface area contributed by atoms with Gasteiger partial charge in [-0.3, -0.25) is 4.68 Å². The molecule has 1 saturated heterocycles. The molecule has 7 nitrogen and oxygen atoms in total. The first-order valence-corrected chi connectivity index (χ1v) is 19.1. The number of carbonyl (C=O) groups excluding carboxylic acids is 2. The minimum atomic E-state index is -0.359. The Morgan fingerprint density at radius 1 is 1.12 bits per heavy atom. The maximum Gasteiger partial charge on any atom is 0.158 e. The second kappa shape index (κ2) is 16.4. The molecular formula is C41H50ClFN5O2P. The van der Waals surface area contributed by atoms with E-state index in [1.807, 2.05) is 36.9 Å². The van der Waals surface area contributed by atoms with Crippen molar-refractivity contribution in [3.63, 3.8) is 0 Å². The van der Waals surface area contributed by atoms with Gasteiger partial charge in [-0.1, -0.05) is 42.5 Å². The summed E-state index contributed by atoms with van der Waals surface area (Å²) in [4.78, 5) is 29.7. The summed E-state index contributed by atoms with van der Waals surface area (Å²) < 4.78 is 17.4. The lowest BCUT2D eigenvalue weighted by molar-refractivity contribution is -0.112. The molecule has 0 amide bonds. The van der Waals surface area contributed by atoms with Gasteiger partial charge in [-0.2, -0.15) is 5.10 Å². The molecule has 2 atom stereocenters. The van der Waals surface area contributed by atoms with Crippen LogP contribution in [0, 0.1) is 11.7 Å². The van der Waals surface area contributed by atoms with Crippen molar-refractivity contribution in [3.8, 4) is 0 Å². The molecule has 0 radical (unpaired) electrons. The number of anilines is 1. The highest BCUT2D eigenvalue weighted by Crippen LogP contribution is 2.43. The van der Waals surface area contributed by atoms with Gasteiger partial charge in [0.2, 0.25) is 0 Å². The topological polar surface area (TPSA) is 61.7 Å². The van der Waals surface area contributed by atoms with Crippen molar-refractivity contribution in [2.75, 3.05) is 38.1 Å². The first kappa shape index (κ1) is 37.2. The molecule has 10 heteroatoms. The number of halogens is 2. The van der Waals surface area contributed by atoms with Gasteiger partial charge in [0.05, 0.1) is 11.4 Å². The zero-order chi connectivity index (χ0) is 36.2. The normalized spacial score (nSPS) is 21.4. The zero-order valence-corrected chi connectivity index (χ0v) is 32.0. The number of aryl methyl sites for hydroxylation is 1. The Morgan fingerprint density at radius 2 is 1.86 bits per heavy atom. The van der Waals surface area contributed by atoms with Crippen LogP contribution in [0.5, 0.6) is 0 Å². The van der Waals surface area contributed by atoms with E-state index in [1.165, 1.54) is 17.2 Å². The predicted molar refractivity (Wildman–Crippen MR) is 211 cm³/mol. The molecule has 1 aliphatic carbocycles. The Kier molecular flexibility index (Phi) is 12.0. The molecule has 2 fully saturated rings. The van der Waals surface area contributed by atoms with Gasteiger partial charge in [0, 0.05) is 73.3 Å². The number of aromatic nitrogens is 2. The summed E-state index contributed by atoms with van der Waals surface area (Å²) in [6, 6.07) is 9.42. The summed E-state index contributed by atoms with van der Waals surface area (Å²) in [5.41, 5.74) is 6.09. The fourth-order valence-corrected chi connectivity index (χ4v) is 8.85. The van der Waals surface area contributed by atoms with Crippen LogP contribution in [0.15, 0.2) is 41.9 Å². The molecule has 2 aromatic carbocycles. The second-order valence-electron chi connectivity index (χ2n) is 14.4. The van der Waals surface area contributed by atoms with Crippen molar-refractivity contribution in [2.45, 2.75) is 70.4 Å². The number of nitrogens with zero attached hydrogens (tertiary/aromatic N) is 5. The number of fused-ring (bicyclic) bond motifs is 1. The number of hydrogen-bond acceptors (Lipinski definition) is 6. The van der Waals surface area contributed by atoms with Crippen LogP contribution < -0.4 is 20.8 Å². The van der Waals surface area contributed by atoms with Crippen LogP contribution in [0.1, 0.15) is 79.2 Å². The van der Waals surface area contributed by atoms with Crippen LogP contribution in [0.4, 0.5) is 10.2 Å². The molecule has 0 spiro atoms. The Balaban J connectivity index is 1.19. The number of allylic oxidation sites excluding steroid dienone is 1. The lowest BCUT2D eigenvalue weighted by Gasteiger charge is -2.32. The predicted octanol–water partition coefficient (Wildman–Crippen LogP) is 5.52. The maximum atomic E-state index is 15.5. The number of likely N-dealkylation sites (N-methyl/N-ethyl adjacent to an activating group) is 1. The highest BCUT2D eigenvalue weighted by Gasteiger charge is 2.33. The van der Waals surface area contributed by atoms with E-state index in [2.05, 4.69) is 49.7 Å². The standard InChI is InChI=1S/C41H50ClFN5O2P/c1-5-40-37(41(44-46(40)4)47-17-15-45(3)16-18-47)22-31(42)21-36-30(8-6-10-39(36)43)20-28-11-13-29(14-12-28)35-24-33(51)23-34-27(2)48(25-38(34)35)32(26-50)9-7-19-49/h5-6,8,10,19,21-24,26,28-29,32H,2,7,9,11-18,20,25,51H2,1,3-4H3/b31-21-,37-22+,40-5+.